The maximum atomic E-state index is 12.5. The first-order valence-electron chi connectivity index (χ1n) is 8.75. The summed E-state index contributed by atoms with van der Waals surface area (Å²) in [5.74, 6) is -2.04. The molecule has 1 aliphatic heterocycles. The molecule has 1 heterocycles. The summed E-state index contributed by atoms with van der Waals surface area (Å²) < 4.78 is 10.6. The van der Waals surface area contributed by atoms with Crippen LogP contribution in [0.5, 0.6) is 0 Å². The standard InChI is InChI=1S/C19H20BrNO5/c1-8-3-4-10(5-9(8)2)21-13(22)7-25-18(23)14-11-6-12-15(14)19(24)26-17(12)16(11)20/h3-5,11-12,14-17H,6-7H2,1-2H3,(H,21,22)/t11-,12-,14-,15-,16-,17+/m1/s1. The molecule has 3 aliphatic rings. The van der Waals surface area contributed by atoms with Crippen LogP contribution < -0.4 is 5.32 Å². The van der Waals surface area contributed by atoms with E-state index in [9.17, 15) is 14.4 Å². The lowest BCUT2D eigenvalue weighted by Gasteiger charge is -2.26. The number of esters is 2. The van der Waals surface area contributed by atoms with E-state index in [-0.39, 0.29) is 35.3 Å². The highest BCUT2D eigenvalue weighted by molar-refractivity contribution is 9.09. The van der Waals surface area contributed by atoms with Crippen LogP contribution in [-0.2, 0) is 23.9 Å². The van der Waals surface area contributed by atoms with E-state index in [4.69, 9.17) is 9.47 Å². The van der Waals surface area contributed by atoms with Crippen LogP contribution in [0.25, 0.3) is 0 Å². The van der Waals surface area contributed by atoms with Crippen molar-refractivity contribution in [3.05, 3.63) is 29.3 Å². The fourth-order valence-electron chi connectivity index (χ4n) is 4.54. The monoisotopic (exact) mass is 421 g/mol. The second-order valence-corrected chi connectivity index (χ2v) is 8.47. The summed E-state index contributed by atoms with van der Waals surface area (Å²) in [6.45, 7) is 3.59. The molecule has 6 nitrogen and oxygen atoms in total. The molecule has 2 aliphatic carbocycles. The number of ether oxygens (including phenoxy) is 2. The Morgan fingerprint density at radius 3 is 2.77 bits per heavy atom. The van der Waals surface area contributed by atoms with Crippen LogP contribution in [0.15, 0.2) is 18.2 Å². The van der Waals surface area contributed by atoms with Crippen molar-refractivity contribution in [2.24, 2.45) is 23.7 Å². The minimum atomic E-state index is -0.523. The van der Waals surface area contributed by atoms with Gasteiger partial charge in [-0.3, -0.25) is 14.4 Å². The molecule has 26 heavy (non-hydrogen) atoms. The van der Waals surface area contributed by atoms with Crippen LogP contribution in [0.1, 0.15) is 17.5 Å². The number of hydrogen-bond acceptors (Lipinski definition) is 5. The first kappa shape index (κ1) is 17.5. The van der Waals surface area contributed by atoms with Gasteiger partial charge in [-0.2, -0.15) is 0 Å². The van der Waals surface area contributed by atoms with Gasteiger partial charge in [0, 0.05) is 11.6 Å². The molecule has 0 spiro atoms. The highest BCUT2D eigenvalue weighted by Gasteiger charge is 2.68. The second-order valence-electron chi connectivity index (χ2n) is 7.42. The van der Waals surface area contributed by atoms with Crippen molar-refractivity contribution in [3.63, 3.8) is 0 Å². The molecule has 3 fully saturated rings. The van der Waals surface area contributed by atoms with Crippen LogP contribution in [-0.4, -0.2) is 35.4 Å². The first-order valence-corrected chi connectivity index (χ1v) is 9.66. The van der Waals surface area contributed by atoms with Gasteiger partial charge < -0.3 is 14.8 Å². The summed E-state index contributed by atoms with van der Waals surface area (Å²) in [4.78, 5) is 36.7. The summed E-state index contributed by atoms with van der Waals surface area (Å²) in [5, 5.41) is 2.72. The van der Waals surface area contributed by atoms with Crippen molar-refractivity contribution in [1.82, 2.24) is 0 Å². The number of hydrogen-bond donors (Lipinski definition) is 1. The maximum absolute atomic E-state index is 12.5. The average molecular weight is 422 g/mol. The Kier molecular flexibility index (Phi) is 4.29. The fraction of sp³-hybridized carbons (Fsp3) is 0.526. The van der Waals surface area contributed by atoms with E-state index >= 15 is 0 Å². The number of carbonyl (C=O) groups is 3. The average Bonchev–Trinajstić information content (AvgIpc) is 3.20. The Balaban J connectivity index is 1.36. The smallest absolute Gasteiger partial charge is 0.310 e. The predicted molar refractivity (Wildman–Crippen MR) is 96.7 cm³/mol. The van der Waals surface area contributed by atoms with Gasteiger partial charge in [0.2, 0.25) is 0 Å². The van der Waals surface area contributed by atoms with Gasteiger partial charge in [0.05, 0.1) is 16.7 Å². The van der Waals surface area contributed by atoms with Crippen molar-refractivity contribution in [3.8, 4) is 0 Å². The van der Waals surface area contributed by atoms with Crippen LogP contribution >= 0.6 is 15.9 Å². The largest absolute Gasteiger partial charge is 0.461 e. The molecular weight excluding hydrogens is 402 g/mol. The van der Waals surface area contributed by atoms with E-state index < -0.39 is 23.7 Å². The highest BCUT2D eigenvalue weighted by Crippen LogP contribution is 2.60. The number of alkyl halides is 1. The van der Waals surface area contributed by atoms with Crippen molar-refractivity contribution in [2.45, 2.75) is 31.2 Å². The summed E-state index contributed by atoms with van der Waals surface area (Å²) in [5.41, 5.74) is 2.87. The molecular formula is C19H20BrNO5. The Labute approximate surface area is 159 Å². The third kappa shape index (κ3) is 2.73. The molecule has 138 valence electrons. The quantitative estimate of drug-likeness (QED) is 0.595. The molecule has 1 aromatic carbocycles. The van der Waals surface area contributed by atoms with Crippen molar-refractivity contribution in [2.75, 3.05) is 11.9 Å². The highest BCUT2D eigenvalue weighted by atomic mass is 79.9. The molecule has 4 rings (SSSR count). The first-order chi connectivity index (χ1) is 12.4. The Bertz CT molecular complexity index is 794. The zero-order valence-corrected chi connectivity index (χ0v) is 16.1. The number of carbonyl (C=O) groups excluding carboxylic acids is 3. The molecule has 0 radical (unpaired) electrons. The molecule has 1 saturated heterocycles. The van der Waals surface area contributed by atoms with E-state index in [0.29, 0.717) is 5.69 Å². The van der Waals surface area contributed by atoms with Gasteiger partial charge in [0.15, 0.2) is 6.61 Å². The van der Waals surface area contributed by atoms with E-state index in [1.165, 1.54) is 0 Å². The lowest BCUT2D eigenvalue weighted by Crippen LogP contribution is -2.39. The van der Waals surface area contributed by atoms with Gasteiger partial charge in [0.1, 0.15) is 6.10 Å². The summed E-state index contributed by atoms with van der Waals surface area (Å²) in [6.07, 6.45) is 0.653. The third-order valence-corrected chi connectivity index (χ3v) is 7.13. The van der Waals surface area contributed by atoms with E-state index in [1.54, 1.807) is 0 Å². The van der Waals surface area contributed by atoms with Crippen molar-refractivity contribution < 1.29 is 23.9 Å². The van der Waals surface area contributed by atoms with Crippen LogP contribution in [0.4, 0.5) is 5.69 Å². The Morgan fingerprint density at radius 2 is 2.04 bits per heavy atom. The minimum absolute atomic E-state index is 0.0166. The Hall–Kier alpha value is -1.89. The zero-order chi connectivity index (χ0) is 18.6. The fourth-order valence-corrected chi connectivity index (χ4v) is 5.59. The van der Waals surface area contributed by atoms with Gasteiger partial charge in [-0.1, -0.05) is 22.0 Å². The number of nitrogens with one attached hydrogen (secondary N) is 1. The van der Waals surface area contributed by atoms with Gasteiger partial charge in [0.25, 0.3) is 5.91 Å². The number of anilines is 1. The lowest BCUT2D eigenvalue weighted by atomic mass is 9.80. The van der Waals surface area contributed by atoms with Gasteiger partial charge in [-0.15, -0.1) is 0 Å². The molecule has 1 N–H and O–H groups in total. The molecule has 6 atom stereocenters. The molecule has 1 amide bonds. The molecule has 0 aromatic heterocycles. The zero-order valence-electron chi connectivity index (χ0n) is 14.5. The lowest BCUT2D eigenvalue weighted by molar-refractivity contribution is -0.157. The van der Waals surface area contributed by atoms with E-state index in [2.05, 4.69) is 21.2 Å². The number of amides is 1. The normalized spacial score (nSPS) is 33.9. The number of fused-ring (bicyclic) bond motifs is 1. The van der Waals surface area contributed by atoms with Gasteiger partial charge in [-0.05, 0) is 49.4 Å². The predicted octanol–water partition coefficient (Wildman–Crippen LogP) is 2.36. The van der Waals surface area contributed by atoms with E-state index in [0.717, 1.165) is 17.5 Å². The van der Waals surface area contributed by atoms with E-state index in [1.807, 2.05) is 32.0 Å². The molecule has 1 aromatic rings. The van der Waals surface area contributed by atoms with Gasteiger partial charge >= 0.3 is 11.9 Å². The van der Waals surface area contributed by atoms with Crippen LogP contribution in [0.2, 0.25) is 0 Å². The maximum Gasteiger partial charge on any atom is 0.310 e. The topological polar surface area (TPSA) is 81.7 Å². The summed E-state index contributed by atoms with van der Waals surface area (Å²) >= 11 is 3.56. The SMILES string of the molecule is Cc1ccc(NC(=O)COC(=O)[C@@H]2[C@H]3C[C@H]4[C@H](OC(=O)[C@H]42)[C@@H]3Br)cc1C. The van der Waals surface area contributed by atoms with Crippen molar-refractivity contribution in [1.29, 1.82) is 0 Å². The number of halogens is 1. The summed E-state index contributed by atoms with van der Waals surface area (Å²) in [6, 6.07) is 5.60. The second kappa shape index (κ2) is 6.37. The number of rotatable bonds is 4. The van der Waals surface area contributed by atoms with Gasteiger partial charge in [-0.25, -0.2) is 0 Å². The number of benzene rings is 1. The molecule has 7 heteroatoms. The summed E-state index contributed by atoms with van der Waals surface area (Å²) in [7, 11) is 0. The Morgan fingerprint density at radius 1 is 1.27 bits per heavy atom. The number of aryl methyl sites for hydroxylation is 2. The molecule has 2 saturated carbocycles. The third-order valence-electron chi connectivity index (χ3n) is 5.93. The van der Waals surface area contributed by atoms with Crippen molar-refractivity contribution >= 4 is 39.5 Å². The van der Waals surface area contributed by atoms with Crippen LogP contribution in [0, 0.1) is 37.5 Å². The minimum Gasteiger partial charge on any atom is -0.461 e. The molecule has 2 bridgehead atoms. The van der Waals surface area contributed by atoms with Crippen LogP contribution in [0.3, 0.4) is 0 Å². The molecule has 0 unspecified atom stereocenters.